The van der Waals surface area contributed by atoms with Gasteiger partial charge < -0.3 is 31.2 Å². The average Bonchev–Trinajstić information content (AvgIpc) is 3.40. The second-order valence-corrected chi connectivity index (χ2v) is 9.23. The van der Waals surface area contributed by atoms with Gasteiger partial charge in [0.25, 0.3) is 5.91 Å². The molecule has 10 nitrogen and oxygen atoms in total. The van der Waals surface area contributed by atoms with Crippen molar-refractivity contribution in [3.63, 3.8) is 0 Å². The molecule has 0 spiro atoms. The molecule has 3 atom stereocenters. The summed E-state index contributed by atoms with van der Waals surface area (Å²) in [5.74, 6) is -3.35. The number of aryl methyl sites for hydroxylation is 1. The van der Waals surface area contributed by atoms with Crippen LogP contribution >= 0.6 is 0 Å². The average molecular weight is 505 g/mol. The van der Waals surface area contributed by atoms with Gasteiger partial charge in [0, 0.05) is 25.9 Å². The zero-order valence-corrected chi connectivity index (χ0v) is 20.3. The highest BCUT2D eigenvalue weighted by molar-refractivity contribution is 5.98. The van der Waals surface area contributed by atoms with E-state index < -0.39 is 53.5 Å². The maximum atomic E-state index is 13.9. The number of halogens is 2. The fourth-order valence-electron chi connectivity index (χ4n) is 4.16. The maximum Gasteiger partial charge on any atom is 0.319 e. The molecule has 1 fully saturated rings. The smallest absolute Gasteiger partial charge is 0.319 e. The topological polar surface area (TPSA) is 139 Å². The quantitative estimate of drug-likeness (QED) is 0.435. The lowest BCUT2D eigenvalue weighted by molar-refractivity contribution is -0.130. The summed E-state index contributed by atoms with van der Waals surface area (Å²) in [6.45, 7) is 3.75. The Labute approximate surface area is 207 Å². The van der Waals surface area contributed by atoms with Crippen LogP contribution < -0.4 is 21.7 Å². The summed E-state index contributed by atoms with van der Waals surface area (Å²) >= 11 is 0. The standard InChI is InChI=1S/C24H30F2N6O4/c1-13(2)9-18(21(27)33)29-22(34)20-11-15(12-32(20)23(35)19-5-4-8-31(19)3)28-24(36)30-17-7-6-14(25)10-16(17)26/h4-8,10,13,15,18,20H,9,11-12H2,1-3H3,(H2,27,33)(H,29,34)(H2,28,30,36). The number of benzene rings is 1. The van der Waals surface area contributed by atoms with Gasteiger partial charge in [-0.2, -0.15) is 0 Å². The first kappa shape index (κ1) is 26.6. The molecule has 36 heavy (non-hydrogen) atoms. The largest absolute Gasteiger partial charge is 0.368 e. The normalized spacial score (nSPS) is 18.1. The predicted molar refractivity (Wildman–Crippen MR) is 128 cm³/mol. The number of anilines is 1. The van der Waals surface area contributed by atoms with Gasteiger partial charge in [0.2, 0.25) is 11.8 Å². The first-order valence-corrected chi connectivity index (χ1v) is 11.5. The van der Waals surface area contributed by atoms with Crippen LogP contribution in [-0.4, -0.2) is 57.9 Å². The minimum atomic E-state index is -0.991. The third-order valence-electron chi connectivity index (χ3n) is 5.91. The fraction of sp³-hybridized carbons (Fsp3) is 0.417. The number of rotatable bonds is 8. The molecule has 5 N–H and O–H groups in total. The molecule has 2 aromatic rings. The van der Waals surface area contributed by atoms with Crippen LogP contribution in [0.2, 0.25) is 0 Å². The highest BCUT2D eigenvalue weighted by atomic mass is 19.1. The van der Waals surface area contributed by atoms with E-state index in [9.17, 15) is 28.0 Å². The molecular formula is C24H30F2N6O4. The number of urea groups is 1. The molecule has 5 amide bonds. The molecule has 1 aliphatic rings. The number of nitrogens with zero attached hydrogens (tertiary/aromatic N) is 2. The second-order valence-electron chi connectivity index (χ2n) is 9.23. The second kappa shape index (κ2) is 11.2. The molecule has 0 bridgehead atoms. The van der Waals surface area contributed by atoms with E-state index >= 15 is 0 Å². The molecule has 1 aromatic heterocycles. The lowest BCUT2D eigenvalue weighted by Gasteiger charge is -2.26. The van der Waals surface area contributed by atoms with E-state index in [1.165, 1.54) is 4.90 Å². The summed E-state index contributed by atoms with van der Waals surface area (Å²) in [6, 6.07) is 2.66. The molecule has 3 unspecified atom stereocenters. The van der Waals surface area contributed by atoms with Crippen molar-refractivity contribution in [2.45, 2.75) is 44.8 Å². The van der Waals surface area contributed by atoms with Gasteiger partial charge >= 0.3 is 6.03 Å². The Morgan fingerprint density at radius 3 is 2.47 bits per heavy atom. The third-order valence-corrected chi connectivity index (χ3v) is 5.91. The van der Waals surface area contributed by atoms with E-state index in [1.54, 1.807) is 29.9 Å². The molecule has 0 saturated carbocycles. The van der Waals surface area contributed by atoms with Crippen molar-refractivity contribution in [1.82, 2.24) is 20.1 Å². The van der Waals surface area contributed by atoms with E-state index in [-0.39, 0.29) is 24.6 Å². The van der Waals surface area contributed by atoms with Gasteiger partial charge in [0.15, 0.2) is 0 Å². The van der Waals surface area contributed by atoms with Crippen molar-refractivity contribution in [2.24, 2.45) is 18.7 Å². The zero-order valence-electron chi connectivity index (χ0n) is 20.3. The molecular weight excluding hydrogens is 474 g/mol. The third kappa shape index (κ3) is 6.37. The van der Waals surface area contributed by atoms with Gasteiger partial charge in [-0.1, -0.05) is 13.8 Å². The Kier molecular flexibility index (Phi) is 8.28. The number of amides is 5. The summed E-state index contributed by atoms with van der Waals surface area (Å²) in [5, 5.41) is 7.55. The first-order valence-electron chi connectivity index (χ1n) is 11.5. The number of nitrogens with one attached hydrogen (secondary N) is 3. The number of likely N-dealkylation sites (tertiary alicyclic amines) is 1. The summed E-state index contributed by atoms with van der Waals surface area (Å²) < 4.78 is 28.6. The Bertz CT molecular complexity index is 1150. The lowest BCUT2D eigenvalue weighted by atomic mass is 10.0. The number of primary amides is 1. The lowest BCUT2D eigenvalue weighted by Crippen LogP contribution is -2.52. The van der Waals surface area contributed by atoms with Crippen molar-refractivity contribution in [2.75, 3.05) is 11.9 Å². The van der Waals surface area contributed by atoms with Crippen LogP contribution in [0.5, 0.6) is 0 Å². The van der Waals surface area contributed by atoms with E-state index in [2.05, 4.69) is 16.0 Å². The Morgan fingerprint density at radius 1 is 1.17 bits per heavy atom. The fourth-order valence-corrected chi connectivity index (χ4v) is 4.16. The molecule has 1 aromatic carbocycles. The minimum Gasteiger partial charge on any atom is -0.368 e. The Balaban J connectivity index is 1.77. The molecule has 0 aliphatic carbocycles. The highest BCUT2D eigenvalue weighted by Crippen LogP contribution is 2.22. The van der Waals surface area contributed by atoms with E-state index in [0.29, 0.717) is 18.2 Å². The van der Waals surface area contributed by atoms with Gasteiger partial charge in [-0.25, -0.2) is 13.6 Å². The van der Waals surface area contributed by atoms with Crippen LogP contribution in [-0.2, 0) is 16.6 Å². The van der Waals surface area contributed by atoms with Crippen molar-refractivity contribution in [3.05, 3.63) is 53.9 Å². The SMILES string of the molecule is CC(C)CC(NC(=O)C1CC(NC(=O)Nc2ccc(F)cc2F)CN1C(=O)c1cccn1C)C(N)=O. The number of carbonyl (C=O) groups excluding carboxylic acids is 4. The zero-order chi connectivity index (χ0) is 26.6. The monoisotopic (exact) mass is 504 g/mol. The number of hydrogen-bond acceptors (Lipinski definition) is 4. The molecule has 12 heteroatoms. The van der Waals surface area contributed by atoms with E-state index in [1.807, 2.05) is 13.8 Å². The van der Waals surface area contributed by atoms with Crippen molar-refractivity contribution < 1.29 is 28.0 Å². The van der Waals surface area contributed by atoms with Gasteiger partial charge in [0.1, 0.15) is 29.4 Å². The number of aromatic nitrogens is 1. The van der Waals surface area contributed by atoms with E-state index in [0.717, 1.165) is 12.1 Å². The summed E-state index contributed by atoms with van der Waals surface area (Å²) in [5.41, 5.74) is 5.56. The summed E-state index contributed by atoms with van der Waals surface area (Å²) in [6.07, 6.45) is 2.06. The Hall–Kier alpha value is -3.96. The van der Waals surface area contributed by atoms with Crippen molar-refractivity contribution >= 4 is 29.4 Å². The van der Waals surface area contributed by atoms with Gasteiger partial charge in [-0.3, -0.25) is 14.4 Å². The van der Waals surface area contributed by atoms with Gasteiger partial charge in [-0.15, -0.1) is 0 Å². The first-order chi connectivity index (χ1) is 17.0. The van der Waals surface area contributed by atoms with Crippen LogP contribution in [0.15, 0.2) is 36.5 Å². The Morgan fingerprint density at radius 2 is 1.89 bits per heavy atom. The summed E-state index contributed by atoms with van der Waals surface area (Å²) in [7, 11) is 1.69. The van der Waals surface area contributed by atoms with Crippen LogP contribution in [0.1, 0.15) is 37.2 Å². The van der Waals surface area contributed by atoms with Crippen molar-refractivity contribution in [1.29, 1.82) is 0 Å². The predicted octanol–water partition coefficient (Wildman–Crippen LogP) is 1.72. The van der Waals surface area contributed by atoms with Gasteiger partial charge in [-0.05, 0) is 43.0 Å². The summed E-state index contributed by atoms with van der Waals surface area (Å²) in [4.78, 5) is 52.1. The number of carbonyl (C=O) groups is 4. The van der Waals surface area contributed by atoms with E-state index in [4.69, 9.17) is 5.73 Å². The maximum absolute atomic E-state index is 13.9. The van der Waals surface area contributed by atoms with Crippen LogP contribution in [0.3, 0.4) is 0 Å². The van der Waals surface area contributed by atoms with Crippen molar-refractivity contribution in [3.8, 4) is 0 Å². The molecule has 1 aliphatic heterocycles. The molecule has 3 rings (SSSR count). The molecule has 194 valence electrons. The number of nitrogens with two attached hydrogens (primary N) is 1. The molecule has 0 radical (unpaired) electrons. The van der Waals surface area contributed by atoms with Crippen LogP contribution in [0.4, 0.5) is 19.3 Å². The highest BCUT2D eigenvalue weighted by Gasteiger charge is 2.42. The van der Waals surface area contributed by atoms with Gasteiger partial charge in [0.05, 0.1) is 11.7 Å². The van der Waals surface area contributed by atoms with Crippen LogP contribution in [0, 0.1) is 17.6 Å². The molecule has 2 heterocycles. The molecule has 1 saturated heterocycles. The van der Waals surface area contributed by atoms with Crippen LogP contribution in [0.25, 0.3) is 0 Å². The minimum absolute atomic E-state index is 0.00710. The number of hydrogen-bond donors (Lipinski definition) is 4.